The van der Waals surface area contributed by atoms with Crippen molar-refractivity contribution in [2.24, 2.45) is 5.92 Å². The zero-order chi connectivity index (χ0) is 15.7. The first-order valence-electron chi connectivity index (χ1n) is 7.12. The van der Waals surface area contributed by atoms with Gasteiger partial charge in [-0.1, -0.05) is 32.8 Å². The molecule has 3 nitrogen and oxygen atoms in total. The van der Waals surface area contributed by atoms with Gasteiger partial charge in [0.15, 0.2) is 8.32 Å². The summed E-state index contributed by atoms with van der Waals surface area (Å²) in [4.78, 5) is 13.9. The number of rotatable bonds is 5. The molecule has 1 heterocycles. The smallest absolute Gasteiger partial charge is 0.232 e. The maximum atomic E-state index is 12.2. The Hall–Kier alpha value is -1.05. The summed E-state index contributed by atoms with van der Waals surface area (Å²) in [5.74, 6) is 2.58. The fraction of sp³-hybridized carbons (Fsp3) is 0.688. The second-order valence-corrected chi connectivity index (χ2v) is 11.8. The third kappa shape index (κ3) is 2.99. The van der Waals surface area contributed by atoms with Crippen molar-refractivity contribution in [2.45, 2.75) is 58.0 Å². The van der Waals surface area contributed by atoms with Gasteiger partial charge in [-0.15, -0.1) is 13.0 Å². The van der Waals surface area contributed by atoms with Gasteiger partial charge in [-0.3, -0.25) is 4.79 Å². The number of carbonyl (C=O) groups is 1. The maximum Gasteiger partial charge on any atom is 0.232 e. The van der Waals surface area contributed by atoms with Gasteiger partial charge in [0.05, 0.1) is 12.0 Å². The van der Waals surface area contributed by atoms with Crippen LogP contribution in [0.25, 0.3) is 0 Å². The van der Waals surface area contributed by atoms with Crippen LogP contribution in [0.1, 0.15) is 27.7 Å². The number of amides is 1. The van der Waals surface area contributed by atoms with E-state index in [2.05, 4.69) is 46.4 Å². The highest BCUT2D eigenvalue weighted by atomic mass is 28.4. The number of nitrogens with zero attached hydrogens (tertiary/aromatic N) is 1. The van der Waals surface area contributed by atoms with Crippen LogP contribution in [0.15, 0.2) is 12.7 Å². The summed E-state index contributed by atoms with van der Waals surface area (Å²) < 4.78 is 6.31. The molecule has 112 valence electrons. The predicted octanol–water partition coefficient (Wildman–Crippen LogP) is 3.04. The van der Waals surface area contributed by atoms with E-state index in [9.17, 15) is 4.79 Å². The molecule has 0 unspecified atom stereocenters. The summed E-state index contributed by atoms with van der Waals surface area (Å²) in [5, 5.41) is 0.125. The third-order valence-corrected chi connectivity index (χ3v) is 9.11. The van der Waals surface area contributed by atoms with E-state index in [-0.39, 0.29) is 29.0 Å². The van der Waals surface area contributed by atoms with E-state index in [1.165, 1.54) is 0 Å². The standard InChI is InChI=1S/C16H27NO2Si/c1-9-11-17-13(10-2)14(15(17)18)12(3)19-20(7,8)16(4,5)6/h2,9,12-14H,1,11H2,3-8H3/t12-,13-,14-/m1/s1. The molecule has 1 rings (SSSR count). The average molecular weight is 293 g/mol. The van der Waals surface area contributed by atoms with E-state index < -0.39 is 8.32 Å². The molecule has 0 aliphatic carbocycles. The van der Waals surface area contributed by atoms with E-state index in [0.717, 1.165) is 0 Å². The molecule has 1 aliphatic rings. The lowest BCUT2D eigenvalue weighted by molar-refractivity contribution is -0.157. The normalized spacial score (nSPS) is 24.9. The number of carbonyl (C=O) groups excluding carboxylic acids is 1. The molecule has 0 spiro atoms. The van der Waals surface area contributed by atoms with Gasteiger partial charge in [0.2, 0.25) is 5.91 Å². The molecule has 1 saturated heterocycles. The summed E-state index contributed by atoms with van der Waals surface area (Å²) in [5.41, 5.74) is 0. The molecular formula is C16H27NO2Si. The number of hydrogen-bond acceptors (Lipinski definition) is 2. The summed E-state index contributed by atoms with van der Waals surface area (Å²) in [6.45, 7) is 17.1. The molecule has 0 aromatic carbocycles. The molecule has 1 aliphatic heterocycles. The van der Waals surface area contributed by atoms with E-state index in [4.69, 9.17) is 10.8 Å². The monoisotopic (exact) mass is 293 g/mol. The second kappa shape index (κ2) is 5.75. The molecule has 1 fully saturated rings. The van der Waals surface area contributed by atoms with Crippen molar-refractivity contribution < 1.29 is 9.22 Å². The Balaban J connectivity index is 2.79. The molecule has 0 aromatic heterocycles. The topological polar surface area (TPSA) is 29.5 Å². The lowest BCUT2D eigenvalue weighted by atomic mass is 9.84. The molecular weight excluding hydrogens is 266 g/mol. The zero-order valence-electron chi connectivity index (χ0n) is 13.6. The van der Waals surface area contributed by atoms with E-state index in [1.807, 2.05) is 6.92 Å². The summed E-state index contributed by atoms with van der Waals surface area (Å²) >= 11 is 0. The van der Waals surface area contributed by atoms with Gasteiger partial charge in [-0.05, 0) is 25.1 Å². The van der Waals surface area contributed by atoms with Crippen LogP contribution in [0.2, 0.25) is 18.1 Å². The Morgan fingerprint density at radius 2 is 2.10 bits per heavy atom. The number of hydrogen-bond donors (Lipinski definition) is 0. The van der Waals surface area contributed by atoms with Crippen molar-refractivity contribution in [3.05, 3.63) is 12.7 Å². The Morgan fingerprint density at radius 3 is 2.50 bits per heavy atom. The minimum Gasteiger partial charge on any atom is -0.413 e. The average Bonchev–Trinajstić information content (AvgIpc) is 2.29. The molecule has 4 heteroatoms. The lowest BCUT2D eigenvalue weighted by Crippen LogP contribution is -2.65. The molecule has 20 heavy (non-hydrogen) atoms. The van der Waals surface area contributed by atoms with Crippen molar-refractivity contribution in [3.8, 4) is 12.3 Å². The maximum absolute atomic E-state index is 12.2. The molecule has 0 N–H and O–H groups in total. The molecule has 0 radical (unpaired) electrons. The van der Waals surface area contributed by atoms with Crippen molar-refractivity contribution >= 4 is 14.2 Å². The van der Waals surface area contributed by atoms with Gasteiger partial charge in [-0.2, -0.15) is 0 Å². The SMILES string of the molecule is C#C[C@@H]1[C@@H]([C@@H](C)O[Si](C)(C)C(C)(C)C)C(=O)N1CC=C. The second-order valence-electron chi connectivity index (χ2n) is 7.00. The van der Waals surface area contributed by atoms with Crippen LogP contribution >= 0.6 is 0 Å². The molecule has 1 amide bonds. The van der Waals surface area contributed by atoms with Crippen LogP contribution in [-0.4, -0.2) is 37.8 Å². The minimum atomic E-state index is -1.89. The molecule has 3 atom stereocenters. The first-order valence-corrected chi connectivity index (χ1v) is 10.0. The summed E-state index contributed by atoms with van der Waals surface area (Å²) in [6.07, 6.45) is 7.14. The van der Waals surface area contributed by atoms with Crippen molar-refractivity contribution in [3.63, 3.8) is 0 Å². The first-order chi connectivity index (χ1) is 9.06. The van der Waals surface area contributed by atoms with Crippen molar-refractivity contribution in [1.29, 1.82) is 0 Å². The Bertz CT molecular complexity index is 431. The molecule has 0 bridgehead atoms. The quantitative estimate of drug-likeness (QED) is 0.337. The van der Waals surface area contributed by atoms with Crippen LogP contribution < -0.4 is 0 Å². The van der Waals surface area contributed by atoms with Gasteiger partial charge in [-0.25, -0.2) is 0 Å². The van der Waals surface area contributed by atoms with E-state index in [1.54, 1.807) is 11.0 Å². The van der Waals surface area contributed by atoms with Crippen LogP contribution in [-0.2, 0) is 9.22 Å². The highest BCUT2D eigenvalue weighted by Gasteiger charge is 2.51. The van der Waals surface area contributed by atoms with Gasteiger partial charge >= 0.3 is 0 Å². The predicted molar refractivity (Wildman–Crippen MR) is 85.8 cm³/mol. The van der Waals surface area contributed by atoms with Crippen molar-refractivity contribution in [2.75, 3.05) is 6.54 Å². The lowest BCUT2D eigenvalue weighted by Gasteiger charge is -2.49. The first kappa shape index (κ1) is 17.0. The van der Waals surface area contributed by atoms with Crippen LogP contribution in [0.5, 0.6) is 0 Å². The van der Waals surface area contributed by atoms with Crippen LogP contribution in [0.4, 0.5) is 0 Å². The number of β-lactam (4-membered cyclic amide) rings is 1. The highest BCUT2D eigenvalue weighted by Crippen LogP contribution is 2.40. The van der Waals surface area contributed by atoms with Crippen molar-refractivity contribution in [1.82, 2.24) is 4.90 Å². The highest BCUT2D eigenvalue weighted by molar-refractivity contribution is 6.74. The van der Waals surface area contributed by atoms with Crippen LogP contribution in [0, 0.1) is 18.3 Å². The summed E-state index contributed by atoms with van der Waals surface area (Å²) in [7, 11) is -1.89. The largest absolute Gasteiger partial charge is 0.413 e. The zero-order valence-corrected chi connectivity index (χ0v) is 14.6. The summed E-state index contributed by atoms with van der Waals surface area (Å²) in [6, 6.07) is -0.166. The fourth-order valence-electron chi connectivity index (χ4n) is 2.28. The van der Waals surface area contributed by atoms with Gasteiger partial charge < -0.3 is 9.33 Å². The Kier molecular flexibility index (Phi) is 4.89. The van der Waals surface area contributed by atoms with Gasteiger partial charge in [0.25, 0.3) is 0 Å². The van der Waals surface area contributed by atoms with E-state index in [0.29, 0.717) is 6.54 Å². The Labute approximate surface area is 124 Å². The fourth-order valence-corrected chi connectivity index (χ4v) is 3.71. The van der Waals surface area contributed by atoms with Crippen LogP contribution in [0.3, 0.4) is 0 Å². The van der Waals surface area contributed by atoms with Gasteiger partial charge in [0.1, 0.15) is 6.04 Å². The minimum absolute atomic E-state index is 0.0825. The molecule has 0 aromatic rings. The van der Waals surface area contributed by atoms with Gasteiger partial charge in [0, 0.05) is 6.54 Å². The number of terminal acetylenes is 1. The third-order valence-electron chi connectivity index (χ3n) is 4.53. The van der Waals surface area contributed by atoms with E-state index >= 15 is 0 Å². The number of likely N-dealkylation sites (tertiary alicyclic amines) is 1. The Morgan fingerprint density at radius 1 is 1.55 bits per heavy atom. The molecule has 0 saturated carbocycles.